The summed E-state index contributed by atoms with van der Waals surface area (Å²) < 4.78 is 0. The first-order valence-corrected chi connectivity index (χ1v) is 7.32. The fourth-order valence-corrected chi connectivity index (χ4v) is 2.13. The smallest absolute Gasteiger partial charge is 0.255 e. The van der Waals surface area contributed by atoms with E-state index in [0.29, 0.717) is 5.56 Å². The number of carbonyl (C=O) groups is 1. The fraction of sp³-hybridized carbons (Fsp3) is 0.278. The molecule has 3 heteroatoms. The van der Waals surface area contributed by atoms with Crippen molar-refractivity contribution < 1.29 is 4.79 Å². The van der Waals surface area contributed by atoms with Crippen LogP contribution in [0.1, 0.15) is 34.8 Å². The topological polar surface area (TPSA) is 41.1 Å². The van der Waals surface area contributed by atoms with Crippen LogP contribution in [0.4, 0.5) is 11.4 Å². The van der Waals surface area contributed by atoms with Gasteiger partial charge in [-0.05, 0) is 56.2 Å². The normalized spacial score (nSPS) is 10.2. The Balaban J connectivity index is 2.10. The number of amides is 1. The SMILES string of the molecule is CCCNc1ccc(C(=O)Nc2ccc(C)cc2)c(C)c1. The Morgan fingerprint density at radius 2 is 1.67 bits per heavy atom. The van der Waals surface area contributed by atoms with Crippen LogP contribution in [0.2, 0.25) is 0 Å². The number of hydrogen-bond donors (Lipinski definition) is 2. The van der Waals surface area contributed by atoms with E-state index in [-0.39, 0.29) is 5.91 Å². The molecule has 2 aromatic carbocycles. The number of hydrogen-bond acceptors (Lipinski definition) is 2. The molecular formula is C18H22N2O. The zero-order chi connectivity index (χ0) is 15.2. The molecule has 0 bridgehead atoms. The Morgan fingerprint density at radius 1 is 1.00 bits per heavy atom. The minimum Gasteiger partial charge on any atom is -0.385 e. The molecule has 0 saturated heterocycles. The lowest BCUT2D eigenvalue weighted by Gasteiger charge is -2.11. The average Bonchev–Trinajstić information content (AvgIpc) is 2.47. The van der Waals surface area contributed by atoms with Crippen molar-refractivity contribution in [3.8, 4) is 0 Å². The molecule has 0 fully saturated rings. The maximum absolute atomic E-state index is 12.3. The molecule has 1 amide bonds. The van der Waals surface area contributed by atoms with E-state index in [4.69, 9.17) is 0 Å². The summed E-state index contributed by atoms with van der Waals surface area (Å²) in [5, 5.41) is 6.26. The molecule has 2 N–H and O–H groups in total. The summed E-state index contributed by atoms with van der Waals surface area (Å²) in [5.74, 6) is -0.0709. The molecular weight excluding hydrogens is 260 g/mol. The molecule has 0 radical (unpaired) electrons. The summed E-state index contributed by atoms with van der Waals surface area (Å²) in [6.07, 6.45) is 1.08. The van der Waals surface area contributed by atoms with Crippen molar-refractivity contribution in [3.05, 3.63) is 59.2 Å². The van der Waals surface area contributed by atoms with Crippen LogP contribution in [0.5, 0.6) is 0 Å². The van der Waals surface area contributed by atoms with Crippen molar-refractivity contribution in [1.29, 1.82) is 0 Å². The summed E-state index contributed by atoms with van der Waals surface area (Å²) in [7, 11) is 0. The van der Waals surface area contributed by atoms with E-state index in [0.717, 1.165) is 29.9 Å². The first-order chi connectivity index (χ1) is 10.1. The van der Waals surface area contributed by atoms with E-state index < -0.39 is 0 Å². The third-order valence-corrected chi connectivity index (χ3v) is 3.36. The van der Waals surface area contributed by atoms with Crippen LogP contribution in [-0.4, -0.2) is 12.5 Å². The minimum atomic E-state index is -0.0709. The Morgan fingerprint density at radius 3 is 2.29 bits per heavy atom. The Bertz CT molecular complexity index is 618. The van der Waals surface area contributed by atoms with Gasteiger partial charge in [0.25, 0.3) is 5.91 Å². The molecule has 110 valence electrons. The molecule has 0 aliphatic heterocycles. The van der Waals surface area contributed by atoms with Gasteiger partial charge in [-0.25, -0.2) is 0 Å². The maximum Gasteiger partial charge on any atom is 0.255 e. The highest BCUT2D eigenvalue weighted by Gasteiger charge is 2.09. The zero-order valence-corrected chi connectivity index (χ0v) is 12.9. The molecule has 2 aromatic rings. The van der Waals surface area contributed by atoms with Gasteiger partial charge in [-0.1, -0.05) is 24.6 Å². The first kappa shape index (κ1) is 15.1. The minimum absolute atomic E-state index is 0.0709. The van der Waals surface area contributed by atoms with Gasteiger partial charge in [0, 0.05) is 23.5 Å². The number of anilines is 2. The van der Waals surface area contributed by atoms with E-state index >= 15 is 0 Å². The van der Waals surface area contributed by atoms with E-state index in [9.17, 15) is 4.79 Å². The van der Waals surface area contributed by atoms with Crippen LogP contribution in [0, 0.1) is 13.8 Å². The van der Waals surface area contributed by atoms with E-state index in [1.165, 1.54) is 5.56 Å². The Kier molecular flexibility index (Phi) is 4.99. The molecule has 0 unspecified atom stereocenters. The Hall–Kier alpha value is -2.29. The number of carbonyl (C=O) groups excluding carboxylic acids is 1. The van der Waals surface area contributed by atoms with Crippen LogP contribution >= 0.6 is 0 Å². The quantitative estimate of drug-likeness (QED) is 0.854. The molecule has 0 aliphatic rings. The summed E-state index contributed by atoms with van der Waals surface area (Å²) >= 11 is 0. The lowest BCUT2D eigenvalue weighted by Crippen LogP contribution is -2.13. The van der Waals surface area contributed by atoms with Crippen LogP contribution in [0.3, 0.4) is 0 Å². The van der Waals surface area contributed by atoms with Crippen molar-refractivity contribution in [2.24, 2.45) is 0 Å². The van der Waals surface area contributed by atoms with Crippen LogP contribution in [0.25, 0.3) is 0 Å². The van der Waals surface area contributed by atoms with Gasteiger partial charge < -0.3 is 10.6 Å². The molecule has 0 aromatic heterocycles. The highest BCUT2D eigenvalue weighted by Crippen LogP contribution is 2.17. The van der Waals surface area contributed by atoms with E-state index in [1.54, 1.807) is 0 Å². The maximum atomic E-state index is 12.3. The molecule has 0 atom stereocenters. The summed E-state index contributed by atoms with van der Waals surface area (Å²) in [5.41, 5.74) is 4.73. The van der Waals surface area contributed by atoms with Crippen molar-refractivity contribution in [1.82, 2.24) is 0 Å². The molecule has 21 heavy (non-hydrogen) atoms. The summed E-state index contributed by atoms with van der Waals surface area (Å²) in [4.78, 5) is 12.3. The Labute approximate surface area is 126 Å². The van der Waals surface area contributed by atoms with Gasteiger partial charge in [0.2, 0.25) is 0 Å². The van der Waals surface area contributed by atoms with Gasteiger partial charge in [-0.3, -0.25) is 4.79 Å². The molecule has 0 spiro atoms. The van der Waals surface area contributed by atoms with Crippen molar-refractivity contribution in [3.63, 3.8) is 0 Å². The highest BCUT2D eigenvalue weighted by atomic mass is 16.1. The monoisotopic (exact) mass is 282 g/mol. The van der Waals surface area contributed by atoms with Crippen molar-refractivity contribution in [2.45, 2.75) is 27.2 Å². The second-order valence-electron chi connectivity index (χ2n) is 5.28. The summed E-state index contributed by atoms with van der Waals surface area (Å²) in [6, 6.07) is 13.6. The number of aryl methyl sites for hydroxylation is 2. The summed E-state index contributed by atoms with van der Waals surface area (Å²) in [6.45, 7) is 7.05. The molecule has 2 rings (SSSR count). The van der Waals surface area contributed by atoms with Gasteiger partial charge in [-0.15, -0.1) is 0 Å². The van der Waals surface area contributed by atoms with Crippen LogP contribution in [0.15, 0.2) is 42.5 Å². The lowest BCUT2D eigenvalue weighted by atomic mass is 10.1. The second-order valence-corrected chi connectivity index (χ2v) is 5.28. The molecule has 0 saturated carbocycles. The third kappa shape index (κ3) is 4.09. The molecule has 0 heterocycles. The van der Waals surface area contributed by atoms with Crippen molar-refractivity contribution >= 4 is 17.3 Å². The predicted octanol–water partition coefficient (Wildman–Crippen LogP) is 4.38. The number of nitrogens with one attached hydrogen (secondary N) is 2. The van der Waals surface area contributed by atoms with Gasteiger partial charge >= 0.3 is 0 Å². The van der Waals surface area contributed by atoms with Gasteiger partial charge in [0.05, 0.1) is 0 Å². The number of rotatable bonds is 5. The van der Waals surface area contributed by atoms with Gasteiger partial charge in [-0.2, -0.15) is 0 Å². The average molecular weight is 282 g/mol. The number of benzene rings is 2. The third-order valence-electron chi connectivity index (χ3n) is 3.36. The van der Waals surface area contributed by atoms with Gasteiger partial charge in [0.1, 0.15) is 0 Å². The largest absolute Gasteiger partial charge is 0.385 e. The molecule has 3 nitrogen and oxygen atoms in total. The second kappa shape index (κ2) is 6.93. The van der Waals surface area contributed by atoms with Crippen molar-refractivity contribution in [2.75, 3.05) is 17.2 Å². The fourth-order valence-electron chi connectivity index (χ4n) is 2.13. The lowest BCUT2D eigenvalue weighted by molar-refractivity contribution is 0.102. The van der Waals surface area contributed by atoms with Crippen LogP contribution in [-0.2, 0) is 0 Å². The van der Waals surface area contributed by atoms with E-state index in [1.807, 2.05) is 56.3 Å². The van der Waals surface area contributed by atoms with E-state index in [2.05, 4.69) is 17.6 Å². The predicted molar refractivity (Wildman–Crippen MR) is 89.1 cm³/mol. The highest BCUT2D eigenvalue weighted by molar-refractivity contribution is 6.05. The van der Waals surface area contributed by atoms with Crippen LogP contribution < -0.4 is 10.6 Å². The van der Waals surface area contributed by atoms with Gasteiger partial charge in [0.15, 0.2) is 0 Å². The molecule has 0 aliphatic carbocycles. The standard InChI is InChI=1S/C18H22N2O/c1-4-11-19-16-9-10-17(14(3)12-16)18(21)20-15-7-5-13(2)6-8-15/h5-10,12,19H,4,11H2,1-3H3,(H,20,21). The zero-order valence-electron chi connectivity index (χ0n) is 12.9. The first-order valence-electron chi connectivity index (χ1n) is 7.32.